The standard InChI is InChI=1S/C12H17BrN2O/c13-11-10-7-9(16)5-6-15(10)12(14-11)8-3-1-2-4-8/h8-9,16H,1-7H2. The SMILES string of the molecule is OC1CCn2c(C3CCCC3)nc(Br)c2C1. The minimum atomic E-state index is -0.183. The van der Waals surface area contributed by atoms with Gasteiger partial charge in [-0.1, -0.05) is 12.8 Å². The molecule has 3 rings (SSSR count). The van der Waals surface area contributed by atoms with Crippen molar-refractivity contribution in [2.24, 2.45) is 0 Å². The predicted molar refractivity (Wildman–Crippen MR) is 65.5 cm³/mol. The highest BCUT2D eigenvalue weighted by Gasteiger charge is 2.28. The number of rotatable bonds is 1. The van der Waals surface area contributed by atoms with E-state index in [1.807, 2.05) is 0 Å². The Bertz CT molecular complexity index is 396. The Labute approximate surface area is 104 Å². The first-order valence-corrected chi connectivity index (χ1v) is 6.98. The second-order valence-corrected chi connectivity index (χ2v) is 5.74. The molecule has 0 saturated heterocycles. The van der Waals surface area contributed by atoms with Gasteiger partial charge in [-0.15, -0.1) is 0 Å². The minimum absolute atomic E-state index is 0.183. The molecule has 1 saturated carbocycles. The fourth-order valence-electron chi connectivity index (χ4n) is 3.02. The van der Waals surface area contributed by atoms with Crippen LogP contribution in [0.3, 0.4) is 0 Å². The van der Waals surface area contributed by atoms with E-state index in [0.717, 1.165) is 24.0 Å². The van der Waals surface area contributed by atoms with E-state index < -0.39 is 0 Å². The van der Waals surface area contributed by atoms with Crippen molar-refractivity contribution in [3.63, 3.8) is 0 Å². The molecule has 3 nitrogen and oxygen atoms in total. The van der Waals surface area contributed by atoms with Crippen LogP contribution in [0.25, 0.3) is 0 Å². The highest BCUT2D eigenvalue weighted by atomic mass is 79.9. The topological polar surface area (TPSA) is 38.0 Å². The van der Waals surface area contributed by atoms with E-state index in [2.05, 4.69) is 25.5 Å². The fourth-order valence-corrected chi connectivity index (χ4v) is 3.58. The summed E-state index contributed by atoms with van der Waals surface area (Å²) in [4.78, 5) is 4.68. The van der Waals surface area contributed by atoms with Crippen molar-refractivity contribution >= 4 is 15.9 Å². The van der Waals surface area contributed by atoms with E-state index in [0.29, 0.717) is 5.92 Å². The predicted octanol–water partition coefficient (Wildman–Crippen LogP) is 2.61. The molecule has 0 spiro atoms. The maximum absolute atomic E-state index is 9.69. The number of fused-ring (bicyclic) bond motifs is 1. The smallest absolute Gasteiger partial charge is 0.127 e. The lowest BCUT2D eigenvalue weighted by Gasteiger charge is -2.22. The Morgan fingerprint density at radius 2 is 2.00 bits per heavy atom. The number of nitrogens with zero attached hydrogens (tertiary/aromatic N) is 2. The molecule has 1 N–H and O–H groups in total. The van der Waals surface area contributed by atoms with Gasteiger partial charge in [-0.25, -0.2) is 4.98 Å². The summed E-state index contributed by atoms with van der Waals surface area (Å²) >= 11 is 3.53. The van der Waals surface area contributed by atoms with Gasteiger partial charge in [-0.3, -0.25) is 0 Å². The van der Waals surface area contributed by atoms with E-state index in [-0.39, 0.29) is 6.10 Å². The first-order chi connectivity index (χ1) is 7.75. The van der Waals surface area contributed by atoms with Gasteiger partial charge < -0.3 is 9.67 Å². The lowest BCUT2D eigenvalue weighted by Crippen LogP contribution is -2.24. The molecule has 2 heterocycles. The molecule has 1 fully saturated rings. The number of hydrogen-bond donors (Lipinski definition) is 1. The van der Waals surface area contributed by atoms with Crippen molar-refractivity contribution in [1.29, 1.82) is 0 Å². The second-order valence-electron chi connectivity index (χ2n) is 4.99. The molecule has 1 aromatic heterocycles. The summed E-state index contributed by atoms with van der Waals surface area (Å²) in [5.74, 6) is 1.91. The van der Waals surface area contributed by atoms with Crippen LogP contribution in [-0.4, -0.2) is 20.8 Å². The van der Waals surface area contributed by atoms with E-state index in [9.17, 15) is 5.11 Å². The summed E-state index contributed by atoms with van der Waals surface area (Å²) in [6, 6.07) is 0. The summed E-state index contributed by atoms with van der Waals surface area (Å²) in [5.41, 5.74) is 1.20. The molecule has 0 aromatic carbocycles. The molecule has 1 aromatic rings. The van der Waals surface area contributed by atoms with Gasteiger partial charge >= 0.3 is 0 Å². The van der Waals surface area contributed by atoms with Crippen molar-refractivity contribution in [1.82, 2.24) is 9.55 Å². The molecule has 1 atom stereocenters. The number of aromatic nitrogens is 2. The number of aliphatic hydroxyl groups excluding tert-OH is 1. The normalized spacial score (nSPS) is 26.0. The first-order valence-electron chi connectivity index (χ1n) is 6.18. The van der Waals surface area contributed by atoms with Gasteiger partial charge in [0.1, 0.15) is 10.4 Å². The minimum Gasteiger partial charge on any atom is -0.393 e. The highest BCUT2D eigenvalue weighted by molar-refractivity contribution is 9.10. The molecular formula is C12H17BrN2O. The van der Waals surface area contributed by atoms with Crippen LogP contribution in [0.2, 0.25) is 0 Å². The molecule has 88 valence electrons. The Morgan fingerprint density at radius 3 is 2.75 bits per heavy atom. The average molecular weight is 285 g/mol. The lowest BCUT2D eigenvalue weighted by molar-refractivity contribution is 0.142. The van der Waals surface area contributed by atoms with Crippen molar-refractivity contribution < 1.29 is 5.11 Å². The van der Waals surface area contributed by atoms with Gasteiger partial charge in [-0.05, 0) is 35.2 Å². The van der Waals surface area contributed by atoms with Crippen LogP contribution in [0.5, 0.6) is 0 Å². The van der Waals surface area contributed by atoms with Crippen LogP contribution in [0.4, 0.5) is 0 Å². The highest BCUT2D eigenvalue weighted by Crippen LogP contribution is 2.37. The third kappa shape index (κ3) is 1.72. The maximum Gasteiger partial charge on any atom is 0.127 e. The van der Waals surface area contributed by atoms with Gasteiger partial charge in [0.15, 0.2) is 0 Å². The van der Waals surface area contributed by atoms with Gasteiger partial charge in [0, 0.05) is 18.9 Å². The van der Waals surface area contributed by atoms with E-state index in [4.69, 9.17) is 0 Å². The Morgan fingerprint density at radius 1 is 1.25 bits per heavy atom. The van der Waals surface area contributed by atoms with Crippen LogP contribution in [0, 0.1) is 0 Å². The number of imidazole rings is 1. The monoisotopic (exact) mass is 284 g/mol. The zero-order chi connectivity index (χ0) is 11.1. The third-order valence-corrected chi connectivity index (χ3v) is 4.52. The van der Waals surface area contributed by atoms with Crippen molar-refractivity contribution in [2.45, 2.75) is 57.1 Å². The van der Waals surface area contributed by atoms with Crippen LogP contribution in [-0.2, 0) is 13.0 Å². The van der Waals surface area contributed by atoms with Gasteiger partial charge in [-0.2, -0.15) is 0 Å². The number of aliphatic hydroxyl groups is 1. The summed E-state index contributed by atoms with van der Waals surface area (Å²) in [6.45, 7) is 0.931. The maximum atomic E-state index is 9.69. The van der Waals surface area contributed by atoms with Crippen LogP contribution < -0.4 is 0 Å². The van der Waals surface area contributed by atoms with Gasteiger partial charge in [0.2, 0.25) is 0 Å². The molecule has 0 radical (unpaired) electrons. The third-order valence-electron chi connectivity index (χ3n) is 3.89. The van der Waals surface area contributed by atoms with E-state index in [1.165, 1.54) is 37.2 Å². The van der Waals surface area contributed by atoms with Crippen molar-refractivity contribution in [3.8, 4) is 0 Å². The molecule has 1 unspecified atom stereocenters. The van der Waals surface area contributed by atoms with Crippen LogP contribution in [0.1, 0.15) is 49.5 Å². The van der Waals surface area contributed by atoms with Crippen LogP contribution in [0.15, 0.2) is 4.60 Å². The molecule has 4 heteroatoms. The van der Waals surface area contributed by atoms with Crippen molar-refractivity contribution in [2.75, 3.05) is 0 Å². The molecule has 0 amide bonds. The summed E-state index contributed by atoms with van der Waals surface area (Å²) in [7, 11) is 0. The Kier molecular flexibility index (Phi) is 2.80. The molecule has 1 aliphatic carbocycles. The fraction of sp³-hybridized carbons (Fsp3) is 0.750. The molecule has 0 bridgehead atoms. The van der Waals surface area contributed by atoms with Gasteiger partial charge in [0.25, 0.3) is 0 Å². The molecule has 2 aliphatic rings. The summed E-state index contributed by atoms with van der Waals surface area (Å²) in [5, 5.41) is 9.69. The first kappa shape index (κ1) is 10.8. The largest absolute Gasteiger partial charge is 0.393 e. The van der Waals surface area contributed by atoms with Gasteiger partial charge in [0.05, 0.1) is 11.8 Å². The summed E-state index contributed by atoms with van der Waals surface area (Å²) in [6.07, 6.45) is 6.68. The van der Waals surface area contributed by atoms with E-state index in [1.54, 1.807) is 0 Å². The van der Waals surface area contributed by atoms with Crippen molar-refractivity contribution in [3.05, 3.63) is 16.1 Å². The Balaban J connectivity index is 1.97. The zero-order valence-electron chi connectivity index (χ0n) is 9.32. The second kappa shape index (κ2) is 4.15. The quantitative estimate of drug-likeness (QED) is 0.861. The molecule has 16 heavy (non-hydrogen) atoms. The zero-order valence-corrected chi connectivity index (χ0v) is 10.9. The van der Waals surface area contributed by atoms with E-state index >= 15 is 0 Å². The number of halogens is 1. The number of hydrogen-bond acceptors (Lipinski definition) is 2. The lowest BCUT2D eigenvalue weighted by atomic mass is 10.0. The summed E-state index contributed by atoms with van der Waals surface area (Å²) < 4.78 is 3.29. The molecular weight excluding hydrogens is 268 g/mol. The molecule has 1 aliphatic heterocycles. The average Bonchev–Trinajstić information content (AvgIpc) is 2.87. The Hall–Kier alpha value is -0.350. The van der Waals surface area contributed by atoms with Crippen LogP contribution >= 0.6 is 15.9 Å².